The number of carboxylic acid groups (broad SMARTS) is 1. The van der Waals surface area contributed by atoms with Gasteiger partial charge in [0, 0.05) is 18.3 Å². The smallest absolute Gasteiger partial charge is 0.312 e. The zero-order valence-corrected chi connectivity index (χ0v) is 11.0. The fourth-order valence-corrected chi connectivity index (χ4v) is 1.58. The third kappa shape index (κ3) is 3.91. The number of hydrogen-bond donors (Lipinski definition) is 2. The number of rotatable bonds is 6. The lowest BCUT2D eigenvalue weighted by Gasteiger charge is -2.20. The zero-order chi connectivity index (χ0) is 15.3. The lowest BCUT2D eigenvalue weighted by atomic mass is 10.0. The number of carbonyl (C=O) groups is 1. The topological polar surface area (TPSA) is 129 Å². The minimum Gasteiger partial charge on any atom is -0.481 e. The normalized spacial score (nSPS) is 11.7. The van der Waals surface area contributed by atoms with E-state index >= 15 is 0 Å². The Morgan fingerprint density at radius 1 is 1.65 bits per heavy atom. The molecular formula is C12H14N4O4. The highest BCUT2D eigenvalue weighted by molar-refractivity contribution is 5.69. The van der Waals surface area contributed by atoms with Crippen LogP contribution in [0.1, 0.15) is 25.8 Å². The van der Waals surface area contributed by atoms with Crippen LogP contribution in [0.4, 0.5) is 11.5 Å². The molecule has 8 nitrogen and oxygen atoms in total. The highest BCUT2D eigenvalue weighted by Crippen LogP contribution is 2.25. The Labute approximate surface area is 115 Å². The van der Waals surface area contributed by atoms with Gasteiger partial charge >= 0.3 is 11.7 Å². The van der Waals surface area contributed by atoms with Crippen LogP contribution in [0.2, 0.25) is 0 Å². The SMILES string of the molecule is CC(C)C(CC(=O)O)Nc1ncc(C#N)cc1[N+](=O)[O-]. The maximum absolute atomic E-state index is 11.0. The van der Waals surface area contributed by atoms with Crippen molar-refractivity contribution in [1.82, 2.24) is 4.98 Å². The maximum Gasteiger partial charge on any atom is 0.312 e. The van der Waals surface area contributed by atoms with Gasteiger partial charge in [0.1, 0.15) is 6.07 Å². The summed E-state index contributed by atoms with van der Waals surface area (Å²) < 4.78 is 0. The summed E-state index contributed by atoms with van der Waals surface area (Å²) in [4.78, 5) is 24.9. The number of nitro groups is 1. The Hall–Kier alpha value is -2.69. The van der Waals surface area contributed by atoms with Gasteiger partial charge in [-0.2, -0.15) is 5.26 Å². The van der Waals surface area contributed by atoms with Crippen molar-refractivity contribution in [3.63, 3.8) is 0 Å². The molecule has 106 valence electrons. The third-order valence-electron chi connectivity index (χ3n) is 2.71. The molecule has 0 amide bonds. The van der Waals surface area contributed by atoms with E-state index in [4.69, 9.17) is 10.4 Å². The molecule has 0 saturated heterocycles. The van der Waals surface area contributed by atoms with Gasteiger partial charge in [-0.1, -0.05) is 13.8 Å². The molecule has 0 aliphatic heterocycles. The third-order valence-corrected chi connectivity index (χ3v) is 2.71. The van der Waals surface area contributed by atoms with Crippen LogP contribution in [0, 0.1) is 27.4 Å². The minimum atomic E-state index is -1.01. The standard InChI is InChI=1S/C12H14N4O4/c1-7(2)9(4-11(17)18)15-12-10(16(19)20)3-8(5-13)6-14-12/h3,6-7,9H,4H2,1-2H3,(H,14,15)(H,17,18). The quantitative estimate of drug-likeness (QED) is 0.599. The van der Waals surface area contributed by atoms with Gasteiger partial charge < -0.3 is 10.4 Å². The number of anilines is 1. The van der Waals surface area contributed by atoms with Crippen LogP contribution in [-0.2, 0) is 4.79 Å². The maximum atomic E-state index is 11.0. The molecule has 0 fully saturated rings. The second kappa shape index (κ2) is 6.47. The molecule has 1 rings (SSSR count). The van der Waals surface area contributed by atoms with Crippen molar-refractivity contribution in [2.75, 3.05) is 5.32 Å². The predicted octanol–water partition coefficient (Wildman–Crippen LogP) is 1.77. The first-order valence-corrected chi connectivity index (χ1v) is 5.88. The summed E-state index contributed by atoms with van der Waals surface area (Å²) in [7, 11) is 0. The second-order valence-corrected chi connectivity index (χ2v) is 4.55. The van der Waals surface area contributed by atoms with Crippen LogP contribution in [0.5, 0.6) is 0 Å². The van der Waals surface area contributed by atoms with Crippen LogP contribution < -0.4 is 5.32 Å². The van der Waals surface area contributed by atoms with Gasteiger partial charge in [-0.15, -0.1) is 0 Å². The summed E-state index contributed by atoms with van der Waals surface area (Å²) >= 11 is 0. The molecular weight excluding hydrogens is 264 g/mol. The van der Waals surface area contributed by atoms with E-state index in [9.17, 15) is 14.9 Å². The molecule has 0 aromatic carbocycles. The van der Waals surface area contributed by atoms with Crippen molar-refractivity contribution < 1.29 is 14.8 Å². The van der Waals surface area contributed by atoms with Crippen molar-refractivity contribution in [2.45, 2.75) is 26.3 Å². The lowest BCUT2D eigenvalue weighted by Crippen LogP contribution is -2.29. The van der Waals surface area contributed by atoms with E-state index in [0.717, 1.165) is 6.07 Å². The highest BCUT2D eigenvalue weighted by atomic mass is 16.6. The molecule has 0 aliphatic carbocycles. The molecule has 1 aromatic heterocycles. The number of carboxylic acids is 1. The minimum absolute atomic E-state index is 0.0334. The van der Waals surface area contributed by atoms with Crippen LogP contribution >= 0.6 is 0 Å². The first kappa shape index (κ1) is 15.4. The summed E-state index contributed by atoms with van der Waals surface area (Å²) in [6.07, 6.45) is 1.02. The van der Waals surface area contributed by atoms with E-state index in [2.05, 4.69) is 10.3 Å². The van der Waals surface area contributed by atoms with Gasteiger partial charge in [-0.25, -0.2) is 4.98 Å². The zero-order valence-electron chi connectivity index (χ0n) is 11.0. The van der Waals surface area contributed by atoms with Gasteiger partial charge in [0.2, 0.25) is 5.82 Å². The van der Waals surface area contributed by atoms with E-state index in [1.54, 1.807) is 19.9 Å². The van der Waals surface area contributed by atoms with Gasteiger partial charge in [0.05, 0.1) is 16.9 Å². The number of hydrogen-bond acceptors (Lipinski definition) is 6. The Morgan fingerprint density at radius 2 is 2.30 bits per heavy atom. The molecule has 1 aromatic rings. The summed E-state index contributed by atoms with van der Waals surface area (Å²) in [6.45, 7) is 3.60. The number of nitrogens with one attached hydrogen (secondary N) is 1. The summed E-state index contributed by atoms with van der Waals surface area (Å²) in [6, 6.07) is 2.38. The Bertz CT molecular complexity index is 565. The average Bonchev–Trinajstić information content (AvgIpc) is 2.37. The van der Waals surface area contributed by atoms with E-state index in [-0.39, 0.29) is 29.4 Å². The van der Waals surface area contributed by atoms with Gasteiger partial charge in [0.15, 0.2) is 0 Å². The summed E-state index contributed by atoms with van der Waals surface area (Å²) in [5.41, 5.74) is -0.276. The molecule has 1 unspecified atom stereocenters. The van der Waals surface area contributed by atoms with Crippen LogP contribution in [-0.4, -0.2) is 27.0 Å². The number of aliphatic carboxylic acids is 1. The molecule has 1 atom stereocenters. The van der Waals surface area contributed by atoms with Crippen LogP contribution in [0.25, 0.3) is 0 Å². The second-order valence-electron chi connectivity index (χ2n) is 4.55. The fraction of sp³-hybridized carbons (Fsp3) is 0.417. The Balaban J connectivity index is 3.09. The fourth-order valence-electron chi connectivity index (χ4n) is 1.58. The average molecular weight is 278 g/mol. The number of aromatic nitrogens is 1. The molecule has 1 heterocycles. The largest absolute Gasteiger partial charge is 0.481 e. The molecule has 20 heavy (non-hydrogen) atoms. The Morgan fingerprint density at radius 3 is 2.75 bits per heavy atom. The van der Waals surface area contributed by atoms with E-state index in [0.29, 0.717) is 0 Å². The summed E-state index contributed by atoms with van der Waals surface area (Å²) in [5, 5.41) is 31.3. The molecule has 8 heteroatoms. The molecule has 0 radical (unpaired) electrons. The lowest BCUT2D eigenvalue weighted by molar-refractivity contribution is -0.384. The molecule has 0 spiro atoms. The number of nitriles is 1. The van der Waals surface area contributed by atoms with Crippen LogP contribution in [0.15, 0.2) is 12.3 Å². The van der Waals surface area contributed by atoms with E-state index < -0.39 is 16.9 Å². The van der Waals surface area contributed by atoms with Gasteiger partial charge in [0.25, 0.3) is 0 Å². The monoisotopic (exact) mass is 278 g/mol. The van der Waals surface area contributed by atoms with Crippen molar-refractivity contribution in [3.05, 3.63) is 27.9 Å². The van der Waals surface area contributed by atoms with Crippen molar-refractivity contribution in [1.29, 1.82) is 5.26 Å². The van der Waals surface area contributed by atoms with Gasteiger partial charge in [-0.3, -0.25) is 14.9 Å². The first-order valence-electron chi connectivity index (χ1n) is 5.88. The molecule has 2 N–H and O–H groups in total. The molecule has 0 saturated carbocycles. The summed E-state index contributed by atoms with van der Waals surface area (Å²) in [5.74, 6) is -1.09. The molecule has 0 bridgehead atoms. The number of nitrogens with zero attached hydrogens (tertiary/aromatic N) is 3. The molecule has 0 aliphatic rings. The first-order chi connectivity index (χ1) is 9.35. The van der Waals surface area contributed by atoms with E-state index in [1.165, 1.54) is 6.20 Å². The van der Waals surface area contributed by atoms with Crippen molar-refractivity contribution in [2.24, 2.45) is 5.92 Å². The van der Waals surface area contributed by atoms with Crippen molar-refractivity contribution in [3.8, 4) is 6.07 Å². The van der Waals surface area contributed by atoms with Gasteiger partial charge in [-0.05, 0) is 5.92 Å². The predicted molar refractivity (Wildman–Crippen MR) is 70.1 cm³/mol. The highest BCUT2D eigenvalue weighted by Gasteiger charge is 2.23. The number of pyridine rings is 1. The van der Waals surface area contributed by atoms with Crippen LogP contribution in [0.3, 0.4) is 0 Å². The Kier molecular flexibility index (Phi) is 4.97. The van der Waals surface area contributed by atoms with E-state index in [1.807, 2.05) is 0 Å². The van der Waals surface area contributed by atoms with Crippen molar-refractivity contribution >= 4 is 17.5 Å².